The Kier molecular flexibility index (Phi) is 5.01. The number of likely N-dealkylation sites (tertiary alicyclic amines) is 1. The van der Waals surface area contributed by atoms with Crippen molar-refractivity contribution in [1.82, 2.24) is 4.90 Å². The molecule has 0 bridgehead atoms. The van der Waals surface area contributed by atoms with Crippen molar-refractivity contribution >= 4 is 11.6 Å². The number of nitrogens with zero attached hydrogens (tertiary/aromatic N) is 1. The average molecular weight is 276 g/mol. The summed E-state index contributed by atoms with van der Waals surface area (Å²) in [6.45, 7) is 6.25. The minimum absolute atomic E-state index is 0.0315. The van der Waals surface area contributed by atoms with Crippen LogP contribution >= 0.6 is 0 Å². The number of methoxy groups -OCH3 is 1. The third-order valence-electron chi connectivity index (χ3n) is 4.11. The van der Waals surface area contributed by atoms with Gasteiger partial charge >= 0.3 is 0 Å². The fraction of sp³-hybridized carbons (Fsp3) is 0.562. The van der Waals surface area contributed by atoms with Crippen LogP contribution in [0.2, 0.25) is 0 Å². The van der Waals surface area contributed by atoms with Crippen molar-refractivity contribution in [2.24, 2.45) is 5.92 Å². The van der Waals surface area contributed by atoms with E-state index in [2.05, 4.69) is 17.1 Å². The van der Waals surface area contributed by atoms with Gasteiger partial charge in [-0.25, -0.2) is 0 Å². The molecular formula is C16H24N2O2. The van der Waals surface area contributed by atoms with Crippen molar-refractivity contribution < 1.29 is 9.53 Å². The Morgan fingerprint density at radius 1 is 1.35 bits per heavy atom. The number of rotatable bonds is 4. The van der Waals surface area contributed by atoms with E-state index in [-0.39, 0.29) is 11.9 Å². The number of hydrogen-bond acceptors (Lipinski definition) is 3. The lowest BCUT2D eigenvalue weighted by Crippen LogP contribution is -2.45. The summed E-state index contributed by atoms with van der Waals surface area (Å²) in [7, 11) is 1.61. The van der Waals surface area contributed by atoms with E-state index in [1.54, 1.807) is 7.11 Å². The molecule has 1 atom stereocenters. The molecule has 4 nitrogen and oxygen atoms in total. The van der Waals surface area contributed by atoms with Crippen LogP contribution in [0.1, 0.15) is 26.7 Å². The molecule has 1 fully saturated rings. The summed E-state index contributed by atoms with van der Waals surface area (Å²) in [6, 6.07) is 7.40. The second-order valence-electron chi connectivity index (χ2n) is 5.58. The van der Waals surface area contributed by atoms with Crippen molar-refractivity contribution in [3.8, 4) is 5.75 Å². The molecule has 1 aliphatic rings. The van der Waals surface area contributed by atoms with Gasteiger partial charge in [-0.05, 0) is 50.9 Å². The first-order valence-corrected chi connectivity index (χ1v) is 7.29. The highest BCUT2D eigenvalue weighted by atomic mass is 16.5. The summed E-state index contributed by atoms with van der Waals surface area (Å²) in [4.78, 5) is 14.6. The van der Waals surface area contributed by atoms with Gasteiger partial charge in [0.25, 0.3) is 0 Å². The van der Waals surface area contributed by atoms with E-state index in [9.17, 15) is 4.79 Å². The van der Waals surface area contributed by atoms with Gasteiger partial charge in [-0.2, -0.15) is 0 Å². The number of para-hydroxylation sites is 2. The molecule has 1 saturated heterocycles. The molecule has 2 rings (SSSR count). The van der Waals surface area contributed by atoms with Crippen molar-refractivity contribution in [2.75, 3.05) is 25.5 Å². The van der Waals surface area contributed by atoms with Crippen LogP contribution in [0.25, 0.3) is 0 Å². The lowest BCUT2D eigenvalue weighted by atomic mass is 9.98. The number of benzene rings is 1. The Balaban J connectivity index is 1.97. The summed E-state index contributed by atoms with van der Waals surface area (Å²) < 4.78 is 5.26. The number of anilines is 1. The average Bonchev–Trinajstić information content (AvgIpc) is 2.48. The van der Waals surface area contributed by atoms with Crippen LogP contribution in [0, 0.1) is 5.92 Å². The predicted octanol–water partition coefficient (Wildman–Crippen LogP) is 2.75. The van der Waals surface area contributed by atoms with Gasteiger partial charge in [-0.3, -0.25) is 9.69 Å². The molecule has 0 radical (unpaired) electrons. The van der Waals surface area contributed by atoms with Crippen LogP contribution in [0.15, 0.2) is 24.3 Å². The van der Waals surface area contributed by atoms with E-state index in [4.69, 9.17) is 4.74 Å². The minimum Gasteiger partial charge on any atom is -0.495 e. The number of amides is 1. The zero-order chi connectivity index (χ0) is 14.5. The van der Waals surface area contributed by atoms with Gasteiger partial charge in [-0.15, -0.1) is 0 Å². The second-order valence-corrected chi connectivity index (χ2v) is 5.58. The zero-order valence-corrected chi connectivity index (χ0v) is 12.6. The number of hydrogen-bond donors (Lipinski definition) is 1. The van der Waals surface area contributed by atoms with E-state index in [1.807, 2.05) is 31.2 Å². The van der Waals surface area contributed by atoms with Gasteiger partial charge in [0.2, 0.25) is 5.91 Å². The molecule has 20 heavy (non-hydrogen) atoms. The Hall–Kier alpha value is -1.55. The van der Waals surface area contributed by atoms with Crippen LogP contribution in [0.5, 0.6) is 5.75 Å². The zero-order valence-electron chi connectivity index (χ0n) is 12.6. The molecule has 0 spiro atoms. The molecule has 1 heterocycles. The number of carbonyl (C=O) groups excluding carboxylic acids is 1. The maximum atomic E-state index is 12.4. The Morgan fingerprint density at radius 2 is 2.00 bits per heavy atom. The molecule has 1 aromatic rings. The Labute approximate surface area is 121 Å². The van der Waals surface area contributed by atoms with E-state index >= 15 is 0 Å². The largest absolute Gasteiger partial charge is 0.495 e. The minimum atomic E-state index is -0.104. The highest BCUT2D eigenvalue weighted by molar-refractivity contribution is 5.95. The van der Waals surface area contributed by atoms with E-state index in [0.29, 0.717) is 5.75 Å². The maximum absolute atomic E-state index is 12.4. The summed E-state index contributed by atoms with van der Waals surface area (Å²) in [5, 5.41) is 2.96. The quantitative estimate of drug-likeness (QED) is 0.919. The summed E-state index contributed by atoms with van der Waals surface area (Å²) in [5.74, 6) is 1.50. The number of piperidine rings is 1. The first-order valence-electron chi connectivity index (χ1n) is 7.29. The number of ether oxygens (including phenoxy) is 1. The Morgan fingerprint density at radius 3 is 2.65 bits per heavy atom. The highest BCUT2D eigenvalue weighted by Gasteiger charge is 2.25. The molecule has 0 saturated carbocycles. The fourth-order valence-electron chi connectivity index (χ4n) is 2.57. The highest BCUT2D eigenvalue weighted by Crippen LogP contribution is 2.24. The van der Waals surface area contributed by atoms with Gasteiger partial charge in [-0.1, -0.05) is 19.1 Å². The van der Waals surface area contributed by atoms with Crippen LogP contribution in [0.3, 0.4) is 0 Å². The molecule has 1 amide bonds. The third-order valence-corrected chi connectivity index (χ3v) is 4.11. The molecule has 1 N–H and O–H groups in total. The molecule has 0 aliphatic carbocycles. The topological polar surface area (TPSA) is 41.6 Å². The van der Waals surface area contributed by atoms with Crippen molar-refractivity contribution in [3.63, 3.8) is 0 Å². The van der Waals surface area contributed by atoms with Gasteiger partial charge in [0.1, 0.15) is 5.75 Å². The number of carbonyl (C=O) groups is 1. The lowest BCUT2D eigenvalue weighted by Gasteiger charge is -2.34. The van der Waals surface area contributed by atoms with Gasteiger partial charge in [0.15, 0.2) is 0 Å². The molecule has 1 aliphatic heterocycles. The predicted molar refractivity (Wildman–Crippen MR) is 81.1 cm³/mol. The van der Waals surface area contributed by atoms with Gasteiger partial charge < -0.3 is 10.1 Å². The molecule has 1 unspecified atom stereocenters. The second kappa shape index (κ2) is 6.75. The summed E-state index contributed by atoms with van der Waals surface area (Å²) in [6.07, 6.45) is 2.35. The van der Waals surface area contributed by atoms with Crippen molar-refractivity contribution in [3.05, 3.63) is 24.3 Å². The van der Waals surface area contributed by atoms with E-state index in [1.165, 1.54) is 12.8 Å². The number of nitrogens with one attached hydrogen (secondary N) is 1. The van der Waals surface area contributed by atoms with Crippen molar-refractivity contribution in [2.45, 2.75) is 32.7 Å². The monoisotopic (exact) mass is 276 g/mol. The maximum Gasteiger partial charge on any atom is 0.241 e. The smallest absolute Gasteiger partial charge is 0.241 e. The van der Waals surface area contributed by atoms with Crippen LogP contribution < -0.4 is 10.1 Å². The first-order chi connectivity index (χ1) is 9.61. The van der Waals surface area contributed by atoms with Crippen LogP contribution in [-0.4, -0.2) is 37.0 Å². The molecule has 110 valence electrons. The van der Waals surface area contributed by atoms with Crippen LogP contribution in [0.4, 0.5) is 5.69 Å². The summed E-state index contributed by atoms with van der Waals surface area (Å²) in [5.41, 5.74) is 0.734. The third kappa shape index (κ3) is 3.51. The molecule has 1 aromatic carbocycles. The van der Waals surface area contributed by atoms with Crippen molar-refractivity contribution in [1.29, 1.82) is 0 Å². The van der Waals surface area contributed by atoms with E-state index in [0.717, 1.165) is 24.7 Å². The Bertz CT molecular complexity index is 454. The fourth-order valence-corrected chi connectivity index (χ4v) is 2.57. The summed E-state index contributed by atoms with van der Waals surface area (Å²) >= 11 is 0. The first kappa shape index (κ1) is 14.9. The van der Waals surface area contributed by atoms with Gasteiger partial charge in [0.05, 0.1) is 18.8 Å². The SMILES string of the molecule is COc1ccccc1NC(=O)C(C)N1CCC(C)CC1. The van der Waals surface area contributed by atoms with Gasteiger partial charge in [0, 0.05) is 0 Å². The van der Waals surface area contributed by atoms with Crippen LogP contribution in [-0.2, 0) is 4.79 Å². The lowest BCUT2D eigenvalue weighted by molar-refractivity contribution is -0.121. The normalized spacial score (nSPS) is 18.6. The molecular weight excluding hydrogens is 252 g/mol. The molecule has 4 heteroatoms. The molecule has 0 aromatic heterocycles. The van der Waals surface area contributed by atoms with E-state index < -0.39 is 0 Å². The standard InChI is InChI=1S/C16H24N2O2/c1-12-8-10-18(11-9-12)13(2)16(19)17-14-6-4-5-7-15(14)20-3/h4-7,12-13H,8-11H2,1-3H3,(H,17,19).